The van der Waals surface area contributed by atoms with E-state index < -0.39 is 6.61 Å². The summed E-state index contributed by atoms with van der Waals surface area (Å²) in [7, 11) is 1.31. The second-order valence-corrected chi connectivity index (χ2v) is 4.87. The number of rotatable bonds is 6. The molecule has 0 heterocycles. The van der Waals surface area contributed by atoms with Gasteiger partial charge in [-0.05, 0) is 42.0 Å². The Hall–Kier alpha value is -2.40. The van der Waals surface area contributed by atoms with Gasteiger partial charge in [0.1, 0.15) is 0 Å². The summed E-state index contributed by atoms with van der Waals surface area (Å²) in [6.07, 6.45) is 2.93. The van der Waals surface area contributed by atoms with Crippen LogP contribution >= 0.6 is 11.6 Å². The quantitative estimate of drug-likeness (QED) is 0.558. The van der Waals surface area contributed by atoms with Crippen molar-refractivity contribution in [2.24, 2.45) is 0 Å². The number of halogens is 3. The lowest BCUT2D eigenvalue weighted by molar-refractivity contribution is -0.0512. The predicted octanol–water partition coefficient (Wildman–Crippen LogP) is 4.85. The van der Waals surface area contributed by atoms with E-state index in [-0.39, 0.29) is 22.8 Å². The van der Waals surface area contributed by atoms with Gasteiger partial charge in [0.25, 0.3) is 0 Å². The van der Waals surface area contributed by atoms with Crippen molar-refractivity contribution in [3.8, 4) is 11.5 Å². The fraction of sp³-hybridized carbons (Fsp3) is 0.118. The van der Waals surface area contributed by atoms with E-state index in [0.29, 0.717) is 10.6 Å². The zero-order chi connectivity index (χ0) is 16.8. The number of hydrogen-bond donors (Lipinski definition) is 0. The number of ether oxygens (including phenoxy) is 2. The van der Waals surface area contributed by atoms with E-state index in [4.69, 9.17) is 16.3 Å². The van der Waals surface area contributed by atoms with E-state index in [0.717, 1.165) is 0 Å². The Balaban J connectivity index is 2.21. The van der Waals surface area contributed by atoms with Crippen molar-refractivity contribution in [2.75, 3.05) is 7.11 Å². The molecule has 23 heavy (non-hydrogen) atoms. The van der Waals surface area contributed by atoms with Gasteiger partial charge in [0, 0.05) is 10.6 Å². The van der Waals surface area contributed by atoms with Crippen molar-refractivity contribution in [2.45, 2.75) is 6.61 Å². The van der Waals surface area contributed by atoms with Gasteiger partial charge in [-0.2, -0.15) is 8.78 Å². The first kappa shape index (κ1) is 17.0. The minimum atomic E-state index is -2.97. The molecule has 2 aromatic carbocycles. The third-order valence-corrected chi connectivity index (χ3v) is 3.33. The van der Waals surface area contributed by atoms with Gasteiger partial charge < -0.3 is 9.47 Å². The Labute approximate surface area is 137 Å². The smallest absolute Gasteiger partial charge is 0.387 e. The zero-order valence-electron chi connectivity index (χ0n) is 12.1. The van der Waals surface area contributed by atoms with Crippen LogP contribution in [0.25, 0.3) is 6.08 Å². The van der Waals surface area contributed by atoms with Crippen molar-refractivity contribution in [3.63, 3.8) is 0 Å². The van der Waals surface area contributed by atoms with Gasteiger partial charge in [-0.1, -0.05) is 29.8 Å². The van der Waals surface area contributed by atoms with Crippen LogP contribution in [0.1, 0.15) is 15.9 Å². The van der Waals surface area contributed by atoms with Gasteiger partial charge >= 0.3 is 6.61 Å². The largest absolute Gasteiger partial charge is 0.493 e. The summed E-state index contributed by atoms with van der Waals surface area (Å²) in [5.41, 5.74) is 0.985. The van der Waals surface area contributed by atoms with Gasteiger partial charge in [-0.25, -0.2) is 0 Å². The van der Waals surface area contributed by atoms with Crippen LogP contribution in [0.5, 0.6) is 11.5 Å². The number of allylic oxidation sites excluding steroid dienone is 1. The lowest BCUT2D eigenvalue weighted by Gasteiger charge is -2.10. The van der Waals surface area contributed by atoms with Crippen molar-refractivity contribution in [3.05, 3.63) is 64.7 Å². The highest BCUT2D eigenvalue weighted by Gasteiger charge is 2.13. The maximum absolute atomic E-state index is 12.3. The Bertz CT molecular complexity index is 730. The number of carbonyl (C=O) groups is 1. The molecule has 0 saturated heterocycles. The summed E-state index contributed by atoms with van der Waals surface area (Å²) in [4.78, 5) is 12.2. The SMILES string of the molecule is COc1cc(C(=O)/C=C/c2ccccc2Cl)ccc1OC(F)F. The average Bonchev–Trinajstić information content (AvgIpc) is 2.53. The fourth-order valence-electron chi connectivity index (χ4n) is 1.89. The highest BCUT2D eigenvalue weighted by atomic mass is 35.5. The summed E-state index contributed by atoms with van der Waals surface area (Å²) in [5.74, 6) is -0.386. The van der Waals surface area contributed by atoms with Gasteiger partial charge in [0.2, 0.25) is 0 Å². The molecule has 6 heteroatoms. The van der Waals surface area contributed by atoms with E-state index in [1.807, 2.05) is 0 Å². The highest BCUT2D eigenvalue weighted by molar-refractivity contribution is 6.32. The molecule has 0 N–H and O–H groups in total. The highest BCUT2D eigenvalue weighted by Crippen LogP contribution is 2.29. The third-order valence-electron chi connectivity index (χ3n) is 2.98. The molecule has 0 aromatic heterocycles. The van der Waals surface area contributed by atoms with Crippen LogP contribution in [0.15, 0.2) is 48.5 Å². The molecule has 2 aromatic rings. The lowest BCUT2D eigenvalue weighted by Crippen LogP contribution is -2.04. The molecule has 0 saturated carbocycles. The molecule has 120 valence electrons. The molecule has 0 unspecified atom stereocenters. The maximum atomic E-state index is 12.3. The minimum Gasteiger partial charge on any atom is -0.493 e. The van der Waals surface area contributed by atoms with Gasteiger partial charge in [-0.15, -0.1) is 0 Å². The summed E-state index contributed by atoms with van der Waals surface area (Å²) in [6.45, 7) is -2.97. The van der Waals surface area contributed by atoms with Crippen LogP contribution in [0, 0.1) is 0 Å². The molecule has 0 amide bonds. The molecule has 0 spiro atoms. The van der Waals surface area contributed by atoms with Gasteiger partial charge in [0.05, 0.1) is 7.11 Å². The lowest BCUT2D eigenvalue weighted by atomic mass is 10.1. The average molecular weight is 339 g/mol. The molecule has 0 aliphatic carbocycles. The maximum Gasteiger partial charge on any atom is 0.387 e. The fourth-order valence-corrected chi connectivity index (χ4v) is 2.08. The van der Waals surface area contributed by atoms with Crippen LogP contribution in [0.4, 0.5) is 8.78 Å². The summed E-state index contributed by atoms with van der Waals surface area (Å²) in [6, 6.07) is 11.1. The second kappa shape index (κ2) is 7.74. The van der Waals surface area contributed by atoms with Crippen LogP contribution in [0.3, 0.4) is 0 Å². The van der Waals surface area contributed by atoms with Crippen LogP contribution < -0.4 is 9.47 Å². The molecule has 0 atom stereocenters. The van der Waals surface area contributed by atoms with Crippen molar-refractivity contribution in [1.29, 1.82) is 0 Å². The molecular weight excluding hydrogens is 326 g/mol. The second-order valence-electron chi connectivity index (χ2n) is 4.46. The minimum absolute atomic E-state index is 0.0577. The van der Waals surface area contributed by atoms with E-state index in [9.17, 15) is 13.6 Å². The first-order chi connectivity index (χ1) is 11.0. The third kappa shape index (κ3) is 4.53. The van der Waals surface area contributed by atoms with Gasteiger partial charge in [0.15, 0.2) is 17.3 Å². The monoisotopic (exact) mass is 338 g/mol. The standard InChI is InChI=1S/C17H13ClF2O3/c1-22-16-10-12(7-9-15(16)23-17(19)20)14(21)8-6-11-4-2-3-5-13(11)18/h2-10,17H,1H3/b8-6+. The first-order valence-corrected chi connectivity index (χ1v) is 6.99. The number of ketones is 1. The Morgan fingerprint density at radius 3 is 2.57 bits per heavy atom. The molecule has 2 rings (SSSR count). The van der Waals surface area contributed by atoms with Gasteiger partial charge in [-0.3, -0.25) is 4.79 Å². The number of methoxy groups -OCH3 is 1. The topological polar surface area (TPSA) is 35.5 Å². The number of hydrogen-bond acceptors (Lipinski definition) is 3. The summed E-state index contributed by atoms with van der Waals surface area (Å²) >= 11 is 6.00. The van der Waals surface area contributed by atoms with E-state index in [2.05, 4.69) is 4.74 Å². The zero-order valence-corrected chi connectivity index (χ0v) is 12.9. The Kier molecular flexibility index (Phi) is 5.71. The van der Waals surface area contributed by atoms with E-state index in [1.54, 1.807) is 30.3 Å². The number of alkyl halides is 2. The van der Waals surface area contributed by atoms with Crippen LogP contribution in [-0.2, 0) is 0 Å². The Morgan fingerprint density at radius 2 is 1.91 bits per heavy atom. The van der Waals surface area contributed by atoms with Crippen LogP contribution in [0.2, 0.25) is 5.02 Å². The Morgan fingerprint density at radius 1 is 1.17 bits per heavy atom. The van der Waals surface area contributed by atoms with Crippen molar-refractivity contribution < 1.29 is 23.0 Å². The molecule has 0 fully saturated rings. The summed E-state index contributed by atoms with van der Waals surface area (Å²) < 4.78 is 33.8. The van der Waals surface area contributed by atoms with Crippen molar-refractivity contribution >= 4 is 23.5 Å². The molecule has 3 nitrogen and oxygen atoms in total. The van der Waals surface area contributed by atoms with Crippen LogP contribution in [-0.4, -0.2) is 19.5 Å². The molecular formula is C17H13ClF2O3. The molecule has 0 aliphatic heterocycles. The normalized spacial score (nSPS) is 11.0. The first-order valence-electron chi connectivity index (χ1n) is 6.61. The molecule has 0 aliphatic rings. The predicted molar refractivity (Wildman–Crippen MR) is 84.4 cm³/mol. The molecule has 0 bridgehead atoms. The van der Waals surface area contributed by atoms with E-state index in [1.165, 1.54) is 31.4 Å². The molecule has 0 radical (unpaired) electrons. The van der Waals surface area contributed by atoms with Crippen molar-refractivity contribution in [1.82, 2.24) is 0 Å². The number of carbonyl (C=O) groups excluding carboxylic acids is 1. The van der Waals surface area contributed by atoms with E-state index >= 15 is 0 Å². The summed E-state index contributed by atoms with van der Waals surface area (Å²) in [5, 5.41) is 0.523. The number of benzene rings is 2.